The fourth-order valence-corrected chi connectivity index (χ4v) is 10.4. The molecule has 9 aromatic carbocycles. The van der Waals surface area contributed by atoms with Crippen molar-refractivity contribution in [2.75, 3.05) is 11.9 Å². The van der Waals surface area contributed by atoms with Crippen molar-refractivity contribution in [3.05, 3.63) is 192 Å². The van der Waals surface area contributed by atoms with Crippen molar-refractivity contribution >= 4 is 43.7 Å². The summed E-state index contributed by atoms with van der Waals surface area (Å²) in [5.41, 5.74) is 18.1. The molecule has 1 heterocycles. The number of nitrogens with zero attached hydrogens (tertiary/aromatic N) is 1. The Morgan fingerprint density at radius 2 is 0.875 bits per heavy atom. The summed E-state index contributed by atoms with van der Waals surface area (Å²) in [4.78, 5) is 2.39. The van der Waals surface area contributed by atoms with E-state index in [1.807, 2.05) is 0 Å². The third-order valence-corrected chi connectivity index (χ3v) is 13.3. The molecule has 0 aromatic heterocycles. The molecule has 11 rings (SSSR count). The highest BCUT2D eigenvalue weighted by molar-refractivity contribution is 6.22. The summed E-state index contributed by atoms with van der Waals surface area (Å²) in [6.07, 6.45) is 0. The van der Waals surface area contributed by atoms with Gasteiger partial charge in [-0.2, -0.15) is 0 Å². The average Bonchev–Trinajstić information content (AvgIpc) is 3.46. The summed E-state index contributed by atoms with van der Waals surface area (Å²) < 4.78 is 0. The molecule has 268 valence electrons. The molecule has 9 aromatic rings. The van der Waals surface area contributed by atoms with Crippen LogP contribution < -0.4 is 4.90 Å². The summed E-state index contributed by atoms with van der Waals surface area (Å²) >= 11 is 0. The first-order valence-electron chi connectivity index (χ1n) is 19.9. The molecule has 1 aliphatic carbocycles. The minimum Gasteiger partial charge on any atom is -0.344 e. The summed E-state index contributed by atoms with van der Waals surface area (Å²) in [7, 11) is 2.22. The fraction of sp³-hybridized carbons (Fsp3) is 0.127. The van der Waals surface area contributed by atoms with E-state index in [0.29, 0.717) is 0 Å². The minimum absolute atomic E-state index is 0.0941. The first-order chi connectivity index (χ1) is 27.2. The van der Waals surface area contributed by atoms with Crippen molar-refractivity contribution in [2.45, 2.75) is 38.5 Å². The van der Waals surface area contributed by atoms with Crippen LogP contribution in [0.15, 0.2) is 170 Å². The van der Waals surface area contributed by atoms with E-state index in [2.05, 4.69) is 210 Å². The van der Waals surface area contributed by atoms with Gasteiger partial charge < -0.3 is 4.90 Å². The van der Waals surface area contributed by atoms with E-state index < -0.39 is 0 Å². The highest BCUT2D eigenvalue weighted by Crippen LogP contribution is 2.53. The summed E-state index contributed by atoms with van der Waals surface area (Å²) in [6.45, 7) is 9.49. The second-order valence-corrected chi connectivity index (χ2v) is 16.9. The third-order valence-electron chi connectivity index (χ3n) is 13.3. The first-order valence-corrected chi connectivity index (χ1v) is 19.9. The fourth-order valence-electron chi connectivity index (χ4n) is 10.4. The maximum absolute atomic E-state index is 2.49. The Labute approximate surface area is 329 Å². The van der Waals surface area contributed by atoms with Crippen LogP contribution in [0.25, 0.3) is 76.8 Å². The quantitative estimate of drug-likeness (QED) is 0.165. The molecule has 0 atom stereocenters. The van der Waals surface area contributed by atoms with Gasteiger partial charge in [0, 0.05) is 29.3 Å². The minimum atomic E-state index is -0.112. The molecule has 0 spiro atoms. The second-order valence-electron chi connectivity index (χ2n) is 16.9. The van der Waals surface area contributed by atoms with Crippen molar-refractivity contribution < 1.29 is 0 Å². The van der Waals surface area contributed by atoms with Gasteiger partial charge in [0.1, 0.15) is 0 Å². The maximum Gasteiger partial charge on any atom is 0.0455 e. The standard InChI is InChI=1S/C55H43N/c1-54(2)46-22-11-10-18-40(46)41-28-26-36(32-49(41)54)53-43-20-9-8-19-42(43)52(37-27-30-48-51(33-37)56(5)50-24-13-12-23-47(50)55(48,3)4)44-29-25-35(31-45(44)53)39-21-14-16-34-15-6-7-17-38(34)39/h6-33H,1-5H3. The molecule has 0 fully saturated rings. The SMILES string of the molecule is CN1c2ccccc2C(C)(C)c2ccc(-c3c4ccccc4c(-c4ccc5c(c4)C(C)(C)c4ccccc4-5)c4cc(-c5cccc6ccccc56)ccc34)cc21. The predicted molar refractivity (Wildman–Crippen MR) is 239 cm³/mol. The van der Waals surface area contributed by atoms with E-state index in [4.69, 9.17) is 0 Å². The number of rotatable bonds is 3. The van der Waals surface area contributed by atoms with Gasteiger partial charge in [-0.25, -0.2) is 0 Å². The van der Waals surface area contributed by atoms with Gasteiger partial charge in [-0.3, -0.25) is 0 Å². The molecule has 0 radical (unpaired) electrons. The van der Waals surface area contributed by atoms with Crippen molar-refractivity contribution in [2.24, 2.45) is 0 Å². The third kappa shape index (κ3) is 4.55. The van der Waals surface area contributed by atoms with E-state index in [-0.39, 0.29) is 10.8 Å². The zero-order valence-corrected chi connectivity index (χ0v) is 32.6. The van der Waals surface area contributed by atoms with Crippen LogP contribution in [0.2, 0.25) is 0 Å². The Morgan fingerprint density at radius 1 is 0.339 bits per heavy atom. The van der Waals surface area contributed by atoms with E-state index in [1.54, 1.807) is 0 Å². The summed E-state index contributed by atoms with van der Waals surface area (Å²) in [5, 5.41) is 7.62. The predicted octanol–water partition coefficient (Wildman–Crippen LogP) is 14.9. The van der Waals surface area contributed by atoms with Crippen LogP contribution in [0.4, 0.5) is 11.4 Å². The normalized spacial score (nSPS) is 14.8. The molecule has 0 unspecified atom stereocenters. The molecule has 1 heteroatoms. The molecule has 1 nitrogen and oxygen atoms in total. The van der Waals surface area contributed by atoms with Gasteiger partial charge in [-0.15, -0.1) is 0 Å². The largest absolute Gasteiger partial charge is 0.344 e. The van der Waals surface area contributed by atoms with Crippen LogP contribution in [0, 0.1) is 0 Å². The van der Waals surface area contributed by atoms with Crippen molar-refractivity contribution in [1.29, 1.82) is 0 Å². The first kappa shape index (κ1) is 32.9. The molecule has 56 heavy (non-hydrogen) atoms. The van der Waals surface area contributed by atoms with Crippen LogP contribution in [0.5, 0.6) is 0 Å². The van der Waals surface area contributed by atoms with Crippen LogP contribution in [-0.2, 0) is 10.8 Å². The number of hydrogen-bond donors (Lipinski definition) is 0. The summed E-state index contributed by atoms with van der Waals surface area (Å²) in [6, 6.07) is 64.0. The number of anilines is 2. The van der Waals surface area contributed by atoms with Crippen molar-refractivity contribution in [3.63, 3.8) is 0 Å². The van der Waals surface area contributed by atoms with E-state index in [1.165, 1.54) is 110 Å². The number of fused-ring (bicyclic) bond motifs is 8. The topological polar surface area (TPSA) is 3.24 Å². The molecular formula is C55H43N. The molecule has 1 aliphatic heterocycles. The smallest absolute Gasteiger partial charge is 0.0455 e. The monoisotopic (exact) mass is 717 g/mol. The molecule has 2 aliphatic rings. The number of hydrogen-bond acceptors (Lipinski definition) is 1. The van der Waals surface area contributed by atoms with E-state index in [0.717, 1.165) is 0 Å². The Bertz CT molecular complexity index is 3100. The van der Waals surface area contributed by atoms with Crippen LogP contribution in [0.3, 0.4) is 0 Å². The van der Waals surface area contributed by atoms with Crippen molar-refractivity contribution in [3.8, 4) is 44.5 Å². The van der Waals surface area contributed by atoms with Crippen LogP contribution in [-0.4, -0.2) is 7.05 Å². The molecule has 0 bridgehead atoms. The van der Waals surface area contributed by atoms with Crippen molar-refractivity contribution in [1.82, 2.24) is 0 Å². The highest BCUT2D eigenvalue weighted by Gasteiger charge is 2.37. The van der Waals surface area contributed by atoms with Crippen LogP contribution >= 0.6 is 0 Å². The van der Waals surface area contributed by atoms with Crippen LogP contribution in [0.1, 0.15) is 49.9 Å². The van der Waals surface area contributed by atoms with E-state index in [9.17, 15) is 0 Å². The zero-order valence-electron chi connectivity index (χ0n) is 32.6. The second kappa shape index (κ2) is 11.8. The Kier molecular flexibility index (Phi) is 6.93. The van der Waals surface area contributed by atoms with Gasteiger partial charge in [-0.05, 0) is 123 Å². The Hall–Kier alpha value is -6.44. The molecule has 0 N–H and O–H groups in total. The van der Waals surface area contributed by atoms with Gasteiger partial charge in [-0.1, -0.05) is 173 Å². The maximum atomic E-state index is 2.49. The Balaban J connectivity index is 1.21. The molecular weight excluding hydrogens is 675 g/mol. The van der Waals surface area contributed by atoms with Gasteiger partial charge in [0.15, 0.2) is 0 Å². The summed E-state index contributed by atoms with van der Waals surface area (Å²) in [5.74, 6) is 0. The number of benzene rings is 9. The lowest BCUT2D eigenvalue weighted by molar-refractivity contribution is 0.629. The number of para-hydroxylation sites is 1. The highest BCUT2D eigenvalue weighted by atomic mass is 15.1. The molecule has 0 saturated carbocycles. The van der Waals surface area contributed by atoms with Gasteiger partial charge in [0.2, 0.25) is 0 Å². The van der Waals surface area contributed by atoms with Gasteiger partial charge in [0.05, 0.1) is 0 Å². The lowest BCUT2D eigenvalue weighted by Gasteiger charge is -2.40. The van der Waals surface area contributed by atoms with E-state index >= 15 is 0 Å². The Morgan fingerprint density at radius 3 is 1.70 bits per heavy atom. The van der Waals surface area contributed by atoms with Gasteiger partial charge >= 0.3 is 0 Å². The zero-order chi connectivity index (χ0) is 37.9. The molecule has 0 amide bonds. The lowest BCUT2D eigenvalue weighted by atomic mass is 9.73. The lowest BCUT2D eigenvalue weighted by Crippen LogP contribution is -2.30. The average molecular weight is 718 g/mol. The van der Waals surface area contributed by atoms with Gasteiger partial charge in [0.25, 0.3) is 0 Å². The molecule has 0 saturated heterocycles.